The fourth-order valence-corrected chi connectivity index (χ4v) is 3.01. The number of halogens is 2. The number of rotatable bonds is 5. The van der Waals surface area contributed by atoms with Crippen LogP contribution >= 0.6 is 34.5 Å². The zero-order chi connectivity index (χ0) is 13.7. The Hall–Kier alpha value is -0.760. The maximum atomic E-state index is 12.3. The lowest BCUT2D eigenvalue weighted by molar-refractivity contribution is 0.0740. The topological polar surface area (TPSA) is 44.1 Å². The molecular weight excluding hydrogens is 291 g/mol. The van der Waals surface area contributed by atoms with Crippen molar-refractivity contribution in [3.8, 4) is 6.07 Å². The van der Waals surface area contributed by atoms with Crippen molar-refractivity contribution in [2.45, 2.75) is 20.3 Å². The maximum Gasteiger partial charge on any atom is 0.256 e. The molecule has 6 heteroatoms. The summed E-state index contributed by atoms with van der Waals surface area (Å²) in [6, 6.07) is 3.63. The number of carbonyl (C=O) groups is 1. The van der Waals surface area contributed by atoms with Crippen molar-refractivity contribution in [2.75, 3.05) is 13.1 Å². The minimum Gasteiger partial charge on any atom is -0.337 e. The van der Waals surface area contributed by atoms with E-state index in [2.05, 4.69) is 0 Å². The Kier molecular flexibility index (Phi) is 5.94. The van der Waals surface area contributed by atoms with Gasteiger partial charge in [0.1, 0.15) is 4.34 Å². The van der Waals surface area contributed by atoms with Gasteiger partial charge in [0.15, 0.2) is 0 Å². The van der Waals surface area contributed by atoms with Crippen LogP contribution in [0, 0.1) is 17.2 Å². The quantitative estimate of drug-likeness (QED) is 0.823. The zero-order valence-corrected chi connectivity index (χ0v) is 12.6. The summed E-state index contributed by atoms with van der Waals surface area (Å²) < 4.78 is 0.892. The second-order valence-electron chi connectivity index (χ2n) is 4.29. The second-order valence-corrected chi connectivity index (χ2v) is 6.58. The Bertz CT molecular complexity index is 465. The summed E-state index contributed by atoms with van der Waals surface area (Å²) in [5.41, 5.74) is 0.422. The minimum absolute atomic E-state index is 0.160. The predicted molar refractivity (Wildman–Crippen MR) is 75.3 cm³/mol. The van der Waals surface area contributed by atoms with Crippen molar-refractivity contribution in [3.05, 3.63) is 20.3 Å². The average Bonchev–Trinajstić information content (AvgIpc) is 2.62. The van der Waals surface area contributed by atoms with Gasteiger partial charge in [0.05, 0.1) is 22.4 Å². The van der Waals surface area contributed by atoms with E-state index >= 15 is 0 Å². The van der Waals surface area contributed by atoms with Gasteiger partial charge in [-0.05, 0) is 12.0 Å². The number of carbonyl (C=O) groups excluding carboxylic acids is 1. The number of nitrogens with zero attached hydrogens (tertiary/aromatic N) is 2. The fourth-order valence-electron chi connectivity index (χ4n) is 1.56. The Morgan fingerprint density at radius 2 is 2.22 bits per heavy atom. The Morgan fingerprint density at radius 3 is 2.67 bits per heavy atom. The number of hydrogen-bond acceptors (Lipinski definition) is 3. The minimum atomic E-state index is -0.160. The summed E-state index contributed by atoms with van der Waals surface area (Å²) in [7, 11) is 0. The van der Waals surface area contributed by atoms with Crippen molar-refractivity contribution in [2.24, 2.45) is 5.92 Å². The fraction of sp³-hybridized carbons (Fsp3) is 0.500. The molecule has 0 aromatic carbocycles. The number of nitriles is 1. The highest BCUT2D eigenvalue weighted by Crippen LogP contribution is 2.32. The monoisotopic (exact) mass is 304 g/mol. The lowest BCUT2D eigenvalue weighted by atomic mass is 10.2. The molecule has 1 amide bonds. The largest absolute Gasteiger partial charge is 0.337 e. The van der Waals surface area contributed by atoms with Crippen molar-refractivity contribution in [1.29, 1.82) is 5.26 Å². The van der Waals surface area contributed by atoms with Gasteiger partial charge in [-0.3, -0.25) is 4.79 Å². The van der Waals surface area contributed by atoms with E-state index in [0.717, 1.165) is 0 Å². The molecule has 0 saturated carbocycles. The van der Waals surface area contributed by atoms with Gasteiger partial charge in [-0.2, -0.15) is 5.26 Å². The van der Waals surface area contributed by atoms with Gasteiger partial charge < -0.3 is 4.90 Å². The van der Waals surface area contributed by atoms with Gasteiger partial charge in [0, 0.05) is 13.1 Å². The van der Waals surface area contributed by atoms with Gasteiger partial charge in [-0.15, -0.1) is 11.3 Å². The third-order valence-electron chi connectivity index (χ3n) is 2.25. The second kappa shape index (κ2) is 6.98. The molecule has 0 aliphatic heterocycles. The van der Waals surface area contributed by atoms with E-state index in [9.17, 15) is 4.79 Å². The molecule has 0 spiro atoms. The Labute approximate surface area is 121 Å². The van der Waals surface area contributed by atoms with Crippen LogP contribution in [0.4, 0.5) is 0 Å². The van der Waals surface area contributed by atoms with E-state index in [1.165, 1.54) is 11.3 Å². The summed E-state index contributed by atoms with van der Waals surface area (Å²) >= 11 is 13.0. The molecule has 18 heavy (non-hydrogen) atoms. The van der Waals surface area contributed by atoms with Crippen LogP contribution in [0.1, 0.15) is 30.6 Å². The molecule has 3 nitrogen and oxygen atoms in total. The van der Waals surface area contributed by atoms with E-state index in [1.54, 1.807) is 11.0 Å². The van der Waals surface area contributed by atoms with Crippen molar-refractivity contribution >= 4 is 40.4 Å². The molecule has 1 heterocycles. The predicted octanol–water partition coefficient (Wildman–Crippen LogP) is 4.07. The number of thiophene rings is 1. The molecular formula is C12H14Cl2N2OS. The van der Waals surface area contributed by atoms with E-state index in [0.29, 0.717) is 39.7 Å². The molecule has 98 valence electrons. The summed E-state index contributed by atoms with van der Waals surface area (Å²) in [6.07, 6.45) is 0.313. The molecule has 0 fully saturated rings. The van der Waals surface area contributed by atoms with E-state index < -0.39 is 0 Å². The van der Waals surface area contributed by atoms with Gasteiger partial charge in [-0.1, -0.05) is 37.0 Å². The van der Waals surface area contributed by atoms with Gasteiger partial charge in [0.25, 0.3) is 5.91 Å². The molecule has 0 aliphatic carbocycles. The van der Waals surface area contributed by atoms with Crippen LogP contribution in [0.15, 0.2) is 6.07 Å². The standard InChI is InChI=1S/C12H14Cl2N2OS/c1-8(2)7-16(5-3-4-15)12(17)9-6-10(13)18-11(9)14/h6,8H,3,5,7H2,1-2H3. The van der Waals surface area contributed by atoms with Crippen molar-refractivity contribution in [1.82, 2.24) is 4.90 Å². The first-order chi connectivity index (χ1) is 8.45. The first-order valence-corrected chi connectivity index (χ1v) is 7.14. The maximum absolute atomic E-state index is 12.3. The van der Waals surface area contributed by atoms with Gasteiger partial charge in [0.2, 0.25) is 0 Å². The van der Waals surface area contributed by atoms with Crippen molar-refractivity contribution < 1.29 is 4.79 Å². The normalized spacial score (nSPS) is 10.4. The molecule has 0 N–H and O–H groups in total. The molecule has 0 aliphatic rings. The van der Waals surface area contributed by atoms with Crippen LogP contribution < -0.4 is 0 Å². The van der Waals surface area contributed by atoms with Crippen LogP contribution in [-0.2, 0) is 0 Å². The highest BCUT2D eigenvalue weighted by molar-refractivity contribution is 7.20. The molecule has 1 aromatic rings. The van der Waals surface area contributed by atoms with Crippen LogP contribution in [0.2, 0.25) is 8.67 Å². The number of amides is 1. The SMILES string of the molecule is CC(C)CN(CCC#N)C(=O)c1cc(Cl)sc1Cl. The van der Waals surface area contributed by atoms with Gasteiger partial charge >= 0.3 is 0 Å². The lowest BCUT2D eigenvalue weighted by Crippen LogP contribution is -2.34. The summed E-state index contributed by atoms with van der Waals surface area (Å²) in [5.74, 6) is 0.174. The molecule has 0 atom stereocenters. The molecule has 1 aromatic heterocycles. The third-order valence-corrected chi connectivity index (χ3v) is 3.74. The van der Waals surface area contributed by atoms with Crippen molar-refractivity contribution in [3.63, 3.8) is 0 Å². The van der Waals surface area contributed by atoms with Crippen LogP contribution in [0.5, 0.6) is 0 Å². The third kappa shape index (κ3) is 4.16. The molecule has 0 unspecified atom stereocenters. The van der Waals surface area contributed by atoms with Crippen LogP contribution in [0.3, 0.4) is 0 Å². The summed E-state index contributed by atoms with van der Waals surface area (Å²) in [6.45, 7) is 5.06. The van der Waals surface area contributed by atoms with Crippen LogP contribution in [0.25, 0.3) is 0 Å². The summed E-state index contributed by atoms with van der Waals surface area (Å²) in [4.78, 5) is 14.0. The highest BCUT2D eigenvalue weighted by atomic mass is 35.5. The average molecular weight is 305 g/mol. The van der Waals surface area contributed by atoms with Gasteiger partial charge in [-0.25, -0.2) is 0 Å². The lowest BCUT2D eigenvalue weighted by Gasteiger charge is -2.23. The number of hydrogen-bond donors (Lipinski definition) is 0. The first kappa shape index (κ1) is 15.3. The Balaban J connectivity index is 2.88. The van der Waals surface area contributed by atoms with E-state index in [1.807, 2.05) is 19.9 Å². The highest BCUT2D eigenvalue weighted by Gasteiger charge is 2.21. The Morgan fingerprint density at radius 1 is 1.56 bits per heavy atom. The first-order valence-electron chi connectivity index (χ1n) is 5.56. The summed E-state index contributed by atoms with van der Waals surface area (Å²) in [5, 5.41) is 8.63. The van der Waals surface area contributed by atoms with E-state index in [4.69, 9.17) is 28.5 Å². The molecule has 1 rings (SSSR count). The zero-order valence-electron chi connectivity index (χ0n) is 10.2. The molecule has 0 bridgehead atoms. The van der Waals surface area contributed by atoms with E-state index in [-0.39, 0.29) is 5.91 Å². The molecule has 0 radical (unpaired) electrons. The van der Waals surface area contributed by atoms with Crippen LogP contribution in [-0.4, -0.2) is 23.9 Å². The molecule has 0 saturated heterocycles. The smallest absolute Gasteiger partial charge is 0.256 e.